The fraction of sp³-hybridized carbons (Fsp3) is 0.538. The van der Waals surface area contributed by atoms with Crippen LogP contribution in [0.1, 0.15) is 32.3 Å². The first-order valence-electron chi connectivity index (χ1n) is 6.39. The van der Waals surface area contributed by atoms with Gasteiger partial charge in [-0.3, -0.25) is 0 Å². The van der Waals surface area contributed by atoms with Crippen molar-refractivity contribution in [1.29, 1.82) is 0 Å². The summed E-state index contributed by atoms with van der Waals surface area (Å²) in [5.74, 6) is -0.476. The van der Waals surface area contributed by atoms with Crippen molar-refractivity contribution in [3.05, 3.63) is 28.0 Å². The van der Waals surface area contributed by atoms with E-state index in [9.17, 15) is 12.8 Å². The Morgan fingerprint density at radius 1 is 1.45 bits per heavy atom. The van der Waals surface area contributed by atoms with E-state index in [-0.39, 0.29) is 17.0 Å². The van der Waals surface area contributed by atoms with Crippen LogP contribution in [-0.4, -0.2) is 14.0 Å². The van der Waals surface area contributed by atoms with Gasteiger partial charge in [0.2, 0.25) is 10.0 Å². The van der Waals surface area contributed by atoms with Crippen LogP contribution in [-0.2, 0) is 16.6 Å². The molecular formula is C13H18BrFN2O2S. The largest absolute Gasteiger partial charge is 0.326 e. The van der Waals surface area contributed by atoms with Gasteiger partial charge >= 0.3 is 0 Å². The Kier molecular flexibility index (Phi) is 4.26. The molecule has 0 radical (unpaired) electrons. The molecule has 1 aromatic rings. The maximum atomic E-state index is 14.2. The number of nitrogens with two attached hydrogens (primary N) is 1. The van der Waals surface area contributed by atoms with E-state index in [1.807, 2.05) is 13.8 Å². The summed E-state index contributed by atoms with van der Waals surface area (Å²) in [7, 11) is -3.92. The SMILES string of the molecule is CC(C)(NS(=O)(=O)c1cc(Br)cc(CN)c1F)C1CC1. The van der Waals surface area contributed by atoms with Gasteiger partial charge in [0, 0.05) is 22.1 Å². The van der Waals surface area contributed by atoms with Gasteiger partial charge in [0.15, 0.2) is 0 Å². The molecule has 20 heavy (non-hydrogen) atoms. The Bertz CT molecular complexity index is 628. The van der Waals surface area contributed by atoms with Crippen molar-refractivity contribution in [1.82, 2.24) is 4.72 Å². The molecule has 0 heterocycles. The number of hydrogen-bond acceptors (Lipinski definition) is 3. The quantitative estimate of drug-likeness (QED) is 0.842. The lowest BCUT2D eigenvalue weighted by Crippen LogP contribution is -2.45. The Balaban J connectivity index is 2.41. The van der Waals surface area contributed by atoms with Crippen LogP contribution in [0.2, 0.25) is 0 Å². The first-order valence-corrected chi connectivity index (χ1v) is 8.67. The van der Waals surface area contributed by atoms with Crippen molar-refractivity contribution in [2.45, 2.75) is 43.7 Å². The Morgan fingerprint density at radius 3 is 2.55 bits per heavy atom. The lowest BCUT2D eigenvalue weighted by atomic mass is 10.0. The number of nitrogens with one attached hydrogen (secondary N) is 1. The van der Waals surface area contributed by atoms with Crippen molar-refractivity contribution in [3.63, 3.8) is 0 Å². The van der Waals surface area contributed by atoms with Crippen molar-refractivity contribution in [2.75, 3.05) is 0 Å². The van der Waals surface area contributed by atoms with E-state index in [4.69, 9.17) is 5.73 Å². The number of halogens is 2. The number of benzene rings is 1. The van der Waals surface area contributed by atoms with Gasteiger partial charge in [0.25, 0.3) is 0 Å². The highest BCUT2D eigenvalue weighted by Gasteiger charge is 2.41. The Hall–Kier alpha value is -0.500. The topological polar surface area (TPSA) is 72.2 Å². The molecule has 0 aliphatic heterocycles. The minimum atomic E-state index is -3.92. The maximum Gasteiger partial charge on any atom is 0.244 e. The van der Waals surface area contributed by atoms with Gasteiger partial charge in [-0.05, 0) is 44.7 Å². The zero-order chi connectivity index (χ0) is 15.1. The molecule has 0 saturated heterocycles. The van der Waals surface area contributed by atoms with Crippen molar-refractivity contribution in [2.24, 2.45) is 11.7 Å². The predicted octanol–water partition coefficient (Wildman–Crippen LogP) is 2.51. The molecule has 2 rings (SSSR count). The molecular weight excluding hydrogens is 347 g/mol. The molecule has 112 valence electrons. The second-order valence-corrected chi connectivity index (χ2v) is 8.25. The van der Waals surface area contributed by atoms with E-state index in [2.05, 4.69) is 20.7 Å². The summed E-state index contributed by atoms with van der Waals surface area (Å²) in [4.78, 5) is -0.360. The normalized spacial score (nSPS) is 16.4. The first-order chi connectivity index (χ1) is 9.17. The van der Waals surface area contributed by atoms with Gasteiger partial charge in [0.1, 0.15) is 10.7 Å². The smallest absolute Gasteiger partial charge is 0.244 e. The molecule has 1 aliphatic carbocycles. The Morgan fingerprint density at radius 2 is 2.05 bits per heavy atom. The molecule has 7 heteroatoms. The van der Waals surface area contributed by atoms with E-state index in [0.29, 0.717) is 10.4 Å². The zero-order valence-electron chi connectivity index (χ0n) is 11.4. The van der Waals surface area contributed by atoms with E-state index in [1.165, 1.54) is 12.1 Å². The van der Waals surface area contributed by atoms with E-state index < -0.39 is 21.4 Å². The van der Waals surface area contributed by atoms with Gasteiger partial charge in [-0.2, -0.15) is 0 Å². The Labute approximate surface area is 127 Å². The van der Waals surface area contributed by atoms with Crippen molar-refractivity contribution >= 4 is 26.0 Å². The third-order valence-corrected chi connectivity index (χ3v) is 5.71. The standard InChI is InChI=1S/C13H18BrFN2O2S/c1-13(2,9-3-4-9)17-20(18,19)11-6-10(14)5-8(7-16)12(11)15/h5-6,9,17H,3-4,7,16H2,1-2H3. The summed E-state index contributed by atoms with van der Waals surface area (Å²) < 4.78 is 42.1. The van der Waals surface area contributed by atoms with E-state index >= 15 is 0 Å². The summed E-state index contributed by atoms with van der Waals surface area (Å²) >= 11 is 3.19. The number of rotatable bonds is 5. The number of hydrogen-bond donors (Lipinski definition) is 2. The van der Waals surface area contributed by atoms with Crippen molar-refractivity contribution < 1.29 is 12.8 Å². The fourth-order valence-electron chi connectivity index (χ4n) is 2.25. The van der Waals surface area contributed by atoms with Crippen LogP contribution in [0.4, 0.5) is 4.39 Å². The highest BCUT2D eigenvalue weighted by molar-refractivity contribution is 9.10. The van der Waals surface area contributed by atoms with Crippen LogP contribution in [0, 0.1) is 11.7 Å². The molecule has 4 nitrogen and oxygen atoms in total. The molecule has 1 aromatic carbocycles. The summed E-state index contributed by atoms with van der Waals surface area (Å²) in [5.41, 5.74) is 5.04. The van der Waals surface area contributed by atoms with Gasteiger partial charge in [0.05, 0.1) is 0 Å². The molecule has 0 spiro atoms. The van der Waals surface area contributed by atoms with E-state index in [0.717, 1.165) is 12.8 Å². The second-order valence-electron chi connectivity index (χ2n) is 5.68. The van der Waals surface area contributed by atoms with E-state index in [1.54, 1.807) is 0 Å². The van der Waals surface area contributed by atoms with Crippen LogP contribution in [0.5, 0.6) is 0 Å². The van der Waals surface area contributed by atoms with Gasteiger partial charge in [-0.15, -0.1) is 0 Å². The first kappa shape index (κ1) is 15.9. The summed E-state index contributed by atoms with van der Waals surface area (Å²) in [6.45, 7) is 3.59. The molecule has 0 atom stereocenters. The molecule has 0 unspecified atom stereocenters. The molecule has 1 fully saturated rings. The summed E-state index contributed by atoms with van der Waals surface area (Å²) in [6, 6.07) is 2.75. The molecule has 0 aromatic heterocycles. The summed E-state index contributed by atoms with van der Waals surface area (Å²) in [6.07, 6.45) is 1.98. The van der Waals surface area contributed by atoms with Crippen LogP contribution in [0.15, 0.2) is 21.5 Å². The zero-order valence-corrected chi connectivity index (χ0v) is 13.8. The van der Waals surface area contributed by atoms with Crippen molar-refractivity contribution in [3.8, 4) is 0 Å². The number of sulfonamides is 1. The van der Waals surface area contributed by atoms with Gasteiger partial charge in [-0.25, -0.2) is 17.5 Å². The van der Waals surface area contributed by atoms with Gasteiger partial charge < -0.3 is 5.73 Å². The van der Waals surface area contributed by atoms with Gasteiger partial charge in [-0.1, -0.05) is 15.9 Å². The van der Waals surface area contributed by atoms with Crippen LogP contribution in [0.3, 0.4) is 0 Å². The average Bonchev–Trinajstić information content (AvgIpc) is 3.14. The van der Waals surface area contributed by atoms with Crippen LogP contribution < -0.4 is 10.5 Å². The monoisotopic (exact) mass is 364 g/mol. The third kappa shape index (κ3) is 3.21. The maximum absolute atomic E-state index is 14.2. The highest BCUT2D eigenvalue weighted by Crippen LogP contribution is 2.40. The fourth-order valence-corrected chi connectivity index (χ4v) is 4.53. The van der Waals surface area contributed by atoms with Crippen LogP contribution in [0.25, 0.3) is 0 Å². The minimum absolute atomic E-state index is 0.0557. The molecule has 1 saturated carbocycles. The third-order valence-electron chi connectivity index (χ3n) is 3.58. The minimum Gasteiger partial charge on any atom is -0.326 e. The second kappa shape index (κ2) is 5.36. The average molecular weight is 365 g/mol. The molecule has 0 amide bonds. The van der Waals surface area contributed by atoms with Crippen LogP contribution >= 0.6 is 15.9 Å². The lowest BCUT2D eigenvalue weighted by molar-refractivity contribution is 0.399. The highest BCUT2D eigenvalue weighted by atomic mass is 79.9. The summed E-state index contributed by atoms with van der Waals surface area (Å²) in [5, 5.41) is 0. The molecule has 0 bridgehead atoms. The molecule has 1 aliphatic rings. The lowest BCUT2D eigenvalue weighted by Gasteiger charge is -2.26. The predicted molar refractivity (Wildman–Crippen MR) is 79.1 cm³/mol. The molecule has 3 N–H and O–H groups in total.